The number of rotatable bonds is 8. The van der Waals surface area contributed by atoms with E-state index in [4.69, 9.17) is 9.47 Å². The van der Waals surface area contributed by atoms with Crippen LogP contribution in [-0.4, -0.2) is 38.5 Å². The first-order chi connectivity index (χ1) is 10.9. The van der Waals surface area contributed by atoms with Crippen LogP contribution >= 0.6 is 0 Å². The third-order valence-electron chi connectivity index (χ3n) is 3.17. The lowest BCUT2D eigenvalue weighted by atomic mass is 9.94. The van der Waals surface area contributed by atoms with Crippen molar-refractivity contribution in [3.8, 4) is 5.75 Å². The summed E-state index contributed by atoms with van der Waals surface area (Å²) >= 11 is 0. The molecule has 0 aliphatic carbocycles. The number of hydrogen-bond acceptors (Lipinski definition) is 6. The van der Waals surface area contributed by atoms with E-state index in [0.717, 1.165) is 0 Å². The fraction of sp³-hybridized carbons (Fsp3) is 0.353. The molecule has 0 amide bonds. The molecule has 1 unspecified atom stereocenters. The molecule has 23 heavy (non-hydrogen) atoms. The van der Waals surface area contributed by atoms with Gasteiger partial charge in [0.15, 0.2) is 0 Å². The van der Waals surface area contributed by atoms with E-state index in [2.05, 4.69) is 11.3 Å². The van der Waals surface area contributed by atoms with E-state index in [0.29, 0.717) is 11.3 Å². The Morgan fingerprint density at radius 3 is 2.39 bits per heavy atom. The number of methoxy groups -OCH3 is 2. The summed E-state index contributed by atoms with van der Waals surface area (Å²) < 4.78 is 14.8. The molecule has 0 N–H and O–H groups in total. The lowest BCUT2D eigenvalue weighted by Gasteiger charge is -2.14. The van der Waals surface area contributed by atoms with E-state index >= 15 is 0 Å². The van der Waals surface area contributed by atoms with Crippen molar-refractivity contribution in [3.63, 3.8) is 0 Å². The first-order valence-corrected chi connectivity index (χ1v) is 6.97. The Hall–Kier alpha value is -2.63. The third-order valence-corrected chi connectivity index (χ3v) is 3.17. The summed E-state index contributed by atoms with van der Waals surface area (Å²) in [6, 6.07) is 4.75. The summed E-state index contributed by atoms with van der Waals surface area (Å²) in [6.07, 6.45) is 1.68. The molecule has 1 atom stereocenters. The molecule has 0 heterocycles. The minimum atomic E-state index is -0.930. The Bertz CT molecular complexity index is 605. The van der Waals surface area contributed by atoms with Crippen LogP contribution in [-0.2, 0) is 25.5 Å². The van der Waals surface area contributed by atoms with E-state index < -0.39 is 17.9 Å². The van der Waals surface area contributed by atoms with Crippen LogP contribution < -0.4 is 4.74 Å². The maximum absolute atomic E-state index is 11.7. The largest absolute Gasteiger partial charge is 0.490 e. The molecule has 0 fully saturated rings. The molecule has 124 valence electrons. The predicted molar refractivity (Wildman–Crippen MR) is 83.4 cm³/mol. The third kappa shape index (κ3) is 5.25. The number of ketones is 1. The fourth-order valence-corrected chi connectivity index (χ4v) is 2.02. The van der Waals surface area contributed by atoms with E-state index in [-0.39, 0.29) is 24.4 Å². The monoisotopic (exact) mass is 320 g/mol. The van der Waals surface area contributed by atoms with Gasteiger partial charge in [0.25, 0.3) is 0 Å². The maximum atomic E-state index is 11.7. The lowest BCUT2D eigenvalue weighted by molar-refractivity contribution is -0.148. The minimum absolute atomic E-state index is 0.108. The second-order valence-corrected chi connectivity index (χ2v) is 4.85. The Labute approximate surface area is 135 Å². The van der Waals surface area contributed by atoms with Gasteiger partial charge < -0.3 is 14.2 Å². The normalized spacial score (nSPS) is 11.3. The van der Waals surface area contributed by atoms with Crippen molar-refractivity contribution in [2.75, 3.05) is 20.8 Å². The van der Waals surface area contributed by atoms with Gasteiger partial charge in [-0.05, 0) is 37.1 Å². The molecule has 0 saturated heterocycles. The molecule has 6 nitrogen and oxygen atoms in total. The first-order valence-electron chi connectivity index (χ1n) is 6.97. The lowest BCUT2D eigenvalue weighted by Crippen LogP contribution is -2.25. The Kier molecular flexibility index (Phi) is 6.99. The highest BCUT2D eigenvalue weighted by molar-refractivity contribution is 5.98. The van der Waals surface area contributed by atoms with Crippen LogP contribution in [0.2, 0.25) is 0 Å². The zero-order valence-electron chi connectivity index (χ0n) is 13.5. The van der Waals surface area contributed by atoms with Crippen molar-refractivity contribution in [1.29, 1.82) is 0 Å². The molecule has 1 aromatic rings. The van der Waals surface area contributed by atoms with Crippen molar-refractivity contribution >= 4 is 17.7 Å². The molecule has 0 aliphatic heterocycles. The van der Waals surface area contributed by atoms with Crippen LogP contribution in [0, 0.1) is 5.92 Å². The average molecular weight is 320 g/mol. The summed E-state index contributed by atoms with van der Waals surface area (Å²) in [7, 11) is 2.49. The first kappa shape index (κ1) is 18.4. The molecular formula is C17H20O6. The van der Waals surface area contributed by atoms with Gasteiger partial charge in [-0.1, -0.05) is 12.7 Å². The van der Waals surface area contributed by atoms with Gasteiger partial charge in [-0.15, -0.1) is 0 Å². The highest BCUT2D eigenvalue weighted by atomic mass is 16.5. The number of carbonyl (C=O) groups is 3. The topological polar surface area (TPSA) is 78.9 Å². The number of benzene rings is 1. The number of esters is 2. The fourth-order valence-electron chi connectivity index (χ4n) is 2.02. The smallest absolute Gasteiger partial charge is 0.337 e. The summed E-state index contributed by atoms with van der Waals surface area (Å²) in [5, 5.41) is 0. The van der Waals surface area contributed by atoms with Crippen LogP contribution in [0.3, 0.4) is 0 Å². The molecule has 1 aromatic carbocycles. The van der Waals surface area contributed by atoms with Crippen molar-refractivity contribution < 1.29 is 28.6 Å². The van der Waals surface area contributed by atoms with E-state index in [1.54, 1.807) is 18.2 Å². The number of carbonyl (C=O) groups excluding carboxylic acids is 3. The summed E-state index contributed by atoms with van der Waals surface area (Å²) in [6.45, 7) is 5.14. The molecule has 0 saturated carbocycles. The Balaban J connectivity index is 3.16. The second kappa shape index (κ2) is 8.73. The van der Waals surface area contributed by atoms with Gasteiger partial charge >= 0.3 is 11.9 Å². The predicted octanol–water partition coefficient (Wildman–Crippen LogP) is 1.96. The van der Waals surface area contributed by atoms with Crippen LogP contribution in [0.25, 0.3) is 0 Å². The van der Waals surface area contributed by atoms with Crippen LogP contribution in [0.5, 0.6) is 5.75 Å². The summed E-state index contributed by atoms with van der Waals surface area (Å²) in [4.78, 5) is 35.1. The van der Waals surface area contributed by atoms with Crippen LogP contribution in [0.15, 0.2) is 30.9 Å². The number of hydrogen-bond donors (Lipinski definition) is 0. The standard InChI is InChI=1S/C17H20O6/c1-5-6-23-14-8-12(7-13(10-14)16(19)21-3)9-15(11(2)18)17(20)22-4/h5,7-8,10,15H,1,6,9H2,2-4H3. The summed E-state index contributed by atoms with van der Waals surface area (Å²) in [5.41, 5.74) is 0.869. The van der Waals surface area contributed by atoms with Crippen molar-refractivity contribution in [1.82, 2.24) is 0 Å². The van der Waals surface area contributed by atoms with E-state index in [9.17, 15) is 14.4 Å². The van der Waals surface area contributed by atoms with Crippen LogP contribution in [0.4, 0.5) is 0 Å². The van der Waals surface area contributed by atoms with Gasteiger partial charge in [-0.25, -0.2) is 4.79 Å². The number of ether oxygens (including phenoxy) is 3. The molecule has 0 aromatic heterocycles. The maximum Gasteiger partial charge on any atom is 0.337 e. The Morgan fingerprint density at radius 1 is 1.17 bits per heavy atom. The molecule has 0 aliphatic rings. The minimum Gasteiger partial charge on any atom is -0.490 e. The zero-order valence-corrected chi connectivity index (χ0v) is 13.5. The second-order valence-electron chi connectivity index (χ2n) is 4.85. The van der Waals surface area contributed by atoms with Crippen molar-refractivity contribution in [2.24, 2.45) is 5.92 Å². The molecule has 6 heteroatoms. The van der Waals surface area contributed by atoms with Gasteiger partial charge in [-0.2, -0.15) is 0 Å². The zero-order chi connectivity index (χ0) is 17.4. The average Bonchev–Trinajstić information content (AvgIpc) is 2.55. The summed E-state index contributed by atoms with van der Waals surface area (Å²) in [5.74, 6) is -1.97. The van der Waals surface area contributed by atoms with Gasteiger partial charge in [0.2, 0.25) is 0 Å². The molecular weight excluding hydrogens is 300 g/mol. The van der Waals surface area contributed by atoms with Gasteiger partial charge in [0.1, 0.15) is 24.1 Å². The van der Waals surface area contributed by atoms with Crippen LogP contribution in [0.1, 0.15) is 22.8 Å². The quantitative estimate of drug-likeness (QED) is 0.414. The van der Waals surface area contributed by atoms with Gasteiger partial charge in [0, 0.05) is 0 Å². The van der Waals surface area contributed by atoms with E-state index in [1.807, 2.05) is 0 Å². The SMILES string of the molecule is C=CCOc1cc(CC(C(C)=O)C(=O)OC)cc(C(=O)OC)c1. The highest BCUT2D eigenvalue weighted by Gasteiger charge is 2.25. The van der Waals surface area contributed by atoms with Gasteiger partial charge in [-0.3, -0.25) is 9.59 Å². The van der Waals surface area contributed by atoms with E-state index in [1.165, 1.54) is 27.2 Å². The Morgan fingerprint density at radius 2 is 1.87 bits per heavy atom. The molecule has 0 spiro atoms. The molecule has 0 radical (unpaired) electrons. The highest BCUT2D eigenvalue weighted by Crippen LogP contribution is 2.21. The number of Topliss-reactive ketones (excluding diaryl/α,β-unsaturated/α-hetero) is 1. The van der Waals surface area contributed by atoms with Gasteiger partial charge in [0.05, 0.1) is 19.8 Å². The molecule has 0 bridgehead atoms. The molecule has 1 rings (SSSR count). The van der Waals surface area contributed by atoms with Crippen molar-refractivity contribution in [3.05, 3.63) is 42.0 Å². The van der Waals surface area contributed by atoms with Crippen molar-refractivity contribution in [2.45, 2.75) is 13.3 Å².